The van der Waals surface area contributed by atoms with Crippen LogP contribution in [0.1, 0.15) is 32.6 Å². The number of likely N-dealkylation sites (tertiary alicyclic amines) is 1. The summed E-state index contributed by atoms with van der Waals surface area (Å²) in [5.74, 6) is 0.191. The molecule has 0 aromatic carbocycles. The molecule has 1 fully saturated rings. The Balaban J connectivity index is 2.59. The first kappa shape index (κ1) is 12.0. The molecule has 0 bridgehead atoms. The number of alkyl halides is 1. The van der Waals surface area contributed by atoms with Crippen LogP contribution in [0, 0.1) is 0 Å². The van der Waals surface area contributed by atoms with E-state index in [-0.39, 0.29) is 23.4 Å². The summed E-state index contributed by atoms with van der Waals surface area (Å²) in [5, 5.41) is 8.90. The Morgan fingerprint density at radius 3 is 3.00 bits per heavy atom. The number of rotatable bonds is 4. The van der Waals surface area contributed by atoms with E-state index in [1.165, 1.54) is 0 Å². The van der Waals surface area contributed by atoms with Gasteiger partial charge in [0.25, 0.3) is 0 Å². The van der Waals surface area contributed by atoms with Crippen molar-refractivity contribution in [1.82, 2.24) is 4.90 Å². The highest BCUT2D eigenvalue weighted by molar-refractivity contribution is 9.10. The molecular formula is C10H18BrNO2. The average Bonchev–Trinajstić information content (AvgIpc) is 2.19. The lowest BCUT2D eigenvalue weighted by atomic mass is 10.0. The molecule has 0 saturated carbocycles. The van der Waals surface area contributed by atoms with Crippen LogP contribution in [0.25, 0.3) is 0 Å². The van der Waals surface area contributed by atoms with E-state index >= 15 is 0 Å². The lowest BCUT2D eigenvalue weighted by molar-refractivity contribution is -0.135. The summed E-state index contributed by atoms with van der Waals surface area (Å²) in [6.45, 7) is 3.07. The van der Waals surface area contributed by atoms with Gasteiger partial charge >= 0.3 is 0 Å². The Labute approximate surface area is 93.6 Å². The van der Waals surface area contributed by atoms with Gasteiger partial charge in [-0.15, -0.1) is 0 Å². The Morgan fingerprint density at radius 2 is 2.43 bits per heavy atom. The van der Waals surface area contributed by atoms with Crippen LogP contribution in [0.2, 0.25) is 0 Å². The number of piperidine rings is 1. The molecule has 2 unspecified atom stereocenters. The van der Waals surface area contributed by atoms with Gasteiger partial charge in [0.1, 0.15) is 0 Å². The Kier molecular flexibility index (Phi) is 4.89. The zero-order valence-corrected chi connectivity index (χ0v) is 10.2. The van der Waals surface area contributed by atoms with Crippen molar-refractivity contribution in [1.29, 1.82) is 0 Å². The van der Waals surface area contributed by atoms with E-state index in [0.29, 0.717) is 6.42 Å². The van der Waals surface area contributed by atoms with Crippen molar-refractivity contribution >= 4 is 21.8 Å². The van der Waals surface area contributed by atoms with Crippen LogP contribution in [0.15, 0.2) is 0 Å². The van der Waals surface area contributed by atoms with E-state index < -0.39 is 0 Å². The molecule has 1 aliphatic rings. The van der Waals surface area contributed by atoms with E-state index in [0.717, 1.165) is 25.8 Å². The summed E-state index contributed by atoms with van der Waals surface area (Å²) in [7, 11) is 0. The normalized spacial score (nSPS) is 25.2. The first-order chi connectivity index (χ1) is 6.70. The van der Waals surface area contributed by atoms with Crippen molar-refractivity contribution in [3.63, 3.8) is 0 Å². The van der Waals surface area contributed by atoms with Crippen LogP contribution in [0.3, 0.4) is 0 Å². The lowest BCUT2D eigenvalue weighted by Crippen LogP contribution is -2.47. The van der Waals surface area contributed by atoms with Crippen molar-refractivity contribution in [2.24, 2.45) is 0 Å². The molecule has 1 N–H and O–H groups in total. The van der Waals surface area contributed by atoms with Crippen LogP contribution in [-0.2, 0) is 4.79 Å². The van der Waals surface area contributed by atoms with Crippen LogP contribution in [0.4, 0.5) is 0 Å². The third-order valence-electron chi connectivity index (χ3n) is 2.78. The number of aliphatic hydroxyl groups is 1. The van der Waals surface area contributed by atoms with Crippen LogP contribution < -0.4 is 0 Å². The van der Waals surface area contributed by atoms with Crippen molar-refractivity contribution < 1.29 is 9.90 Å². The molecule has 3 nitrogen and oxygen atoms in total. The summed E-state index contributed by atoms with van der Waals surface area (Å²) in [5.41, 5.74) is 0. The minimum absolute atomic E-state index is 0.0102. The summed E-state index contributed by atoms with van der Waals surface area (Å²) in [6.07, 6.45) is 3.61. The van der Waals surface area contributed by atoms with Crippen molar-refractivity contribution in [3.05, 3.63) is 0 Å². The summed E-state index contributed by atoms with van der Waals surface area (Å²) < 4.78 is 0. The Bertz CT molecular complexity index is 199. The van der Waals surface area contributed by atoms with E-state index in [2.05, 4.69) is 22.9 Å². The minimum atomic E-state index is -0.0102. The fourth-order valence-corrected chi connectivity index (χ4v) is 2.53. The van der Waals surface area contributed by atoms with Gasteiger partial charge in [-0.25, -0.2) is 0 Å². The number of halogens is 1. The molecule has 4 heteroatoms. The van der Waals surface area contributed by atoms with Gasteiger partial charge in [-0.3, -0.25) is 4.79 Å². The van der Waals surface area contributed by atoms with E-state index in [9.17, 15) is 4.79 Å². The third-order valence-corrected chi connectivity index (χ3v) is 3.63. The van der Waals surface area contributed by atoms with Gasteiger partial charge in [0.05, 0.1) is 4.83 Å². The topological polar surface area (TPSA) is 40.5 Å². The predicted molar refractivity (Wildman–Crippen MR) is 59.4 cm³/mol. The van der Waals surface area contributed by atoms with Gasteiger partial charge in [0, 0.05) is 19.2 Å². The largest absolute Gasteiger partial charge is 0.396 e. The molecule has 1 rings (SSSR count). The molecule has 1 heterocycles. The number of carbonyl (C=O) groups excluding carboxylic acids is 1. The molecule has 1 saturated heterocycles. The highest BCUT2D eigenvalue weighted by Gasteiger charge is 2.30. The second kappa shape index (κ2) is 5.71. The molecule has 0 spiro atoms. The van der Waals surface area contributed by atoms with Gasteiger partial charge in [-0.1, -0.05) is 22.9 Å². The quantitative estimate of drug-likeness (QED) is 0.782. The van der Waals surface area contributed by atoms with Crippen LogP contribution in [-0.4, -0.2) is 39.9 Å². The number of hydrogen-bond acceptors (Lipinski definition) is 2. The number of nitrogens with zero attached hydrogens (tertiary/aromatic N) is 1. The summed E-state index contributed by atoms with van der Waals surface area (Å²) >= 11 is 3.39. The van der Waals surface area contributed by atoms with E-state index in [4.69, 9.17) is 5.11 Å². The highest BCUT2D eigenvalue weighted by Crippen LogP contribution is 2.22. The summed E-state index contributed by atoms with van der Waals surface area (Å²) in [6, 6.07) is 0.216. The second-order valence-corrected chi connectivity index (χ2v) is 4.82. The number of amides is 1. The standard InChI is InChI=1S/C10H18BrNO2/c1-2-8(5-7-13)12-6-3-4-9(11)10(12)14/h8-9,13H,2-7H2,1H3. The number of carbonyl (C=O) groups is 1. The lowest BCUT2D eigenvalue weighted by Gasteiger charge is -2.36. The highest BCUT2D eigenvalue weighted by atomic mass is 79.9. The molecule has 0 aromatic rings. The zero-order valence-electron chi connectivity index (χ0n) is 8.58. The maximum Gasteiger partial charge on any atom is 0.236 e. The maximum atomic E-state index is 11.8. The zero-order chi connectivity index (χ0) is 10.6. The van der Waals surface area contributed by atoms with E-state index in [1.807, 2.05) is 4.90 Å². The molecule has 14 heavy (non-hydrogen) atoms. The average molecular weight is 264 g/mol. The second-order valence-electron chi connectivity index (χ2n) is 3.72. The van der Waals surface area contributed by atoms with Crippen molar-refractivity contribution in [2.75, 3.05) is 13.2 Å². The molecule has 0 aromatic heterocycles. The number of hydrogen-bond donors (Lipinski definition) is 1. The van der Waals surface area contributed by atoms with Crippen molar-refractivity contribution in [2.45, 2.75) is 43.5 Å². The van der Waals surface area contributed by atoms with Crippen LogP contribution >= 0.6 is 15.9 Å². The monoisotopic (exact) mass is 263 g/mol. The van der Waals surface area contributed by atoms with Gasteiger partial charge in [-0.2, -0.15) is 0 Å². The van der Waals surface area contributed by atoms with Crippen LogP contribution in [0.5, 0.6) is 0 Å². The first-order valence-electron chi connectivity index (χ1n) is 5.26. The molecule has 0 radical (unpaired) electrons. The Hall–Kier alpha value is -0.0900. The maximum absolute atomic E-state index is 11.8. The molecule has 1 amide bonds. The fourth-order valence-electron chi connectivity index (χ4n) is 1.95. The SMILES string of the molecule is CCC(CCO)N1CCCC(Br)C1=O. The first-order valence-corrected chi connectivity index (χ1v) is 6.17. The van der Waals surface area contributed by atoms with E-state index in [1.54, 1.807) is 0 Å². The Morgan fingerprint density at radius 1 is 1.71 bits per heavy atom. The van der Waals surface area contributed by atoms with Gasteiger partial charge < -0.3 is 10.0 Å². The fraction of sp³-hybridized carbons (Fsp3) is 0.900. The summed E-state index contributed by atoms with van der Waals surface area (Å²) in [4.78, 5) is 13.7. The predicted octanol–water partition coefficient (Wildman–Crippen LogP) is 1.53. The molecule has 0 aliphatic carbocycles. The smallest absolute Gasteiger partial charge is 0.236 e. The van der Waals surface area contributed by atoms with Gasteiger partial charge in [-0.05, 0) is 25.7 Å². The molecule has 2 atom stereocenters. The molecule has 82 valence electrons. The van der Waals surface area contributed by atoms with Gasteiger partial charge in [0.2, 0.25) is 5.91 Å². The van der Waals surface area contributed by atoms with Crippen molar-refractivity contribution in [3.8, 4) is 0 Å². The third kappa shape index (κ3) is 2.70. The number of aliphatic hydroxyl groups excluding tert-OH is 1. The van der Waals surface area contributed by atoms with Gasteiger partial charge in [0.15, 0.2) is 0 Å². The minimum Gasteiger partial charge on any atom is -0.396 e. The molecule has 1 aliphatic heterocycles. The molecular weight excluding hydrogens is 246 g/mol.